The maximum atomic E-state index is 12.7. The zero-order chi connectivity index (χ0) is 18.1. The highest BCUT2D eigenvalue weighted by Crippen LogP contribution is 2.26. The van der Waals surface area contributed by atoms with E-state index in [1.54, 1.807) is 0 Å². The van der Waals surface area contributed by atoms with Crippen LogP contribution < -0.4 is 0 Å². The number of ketones is 1. The van der Waals surface area contributed by atoms with Crippen LogP contribution in [-0.2, 0) is 12.8 Å². The summed E-state index contributed by atoms with van der Waals surface area (Å²) in [7, 11) is 0. The van der Waals surface area contributed by atoms with Crippen molar-refractivity contribution in [2.45, 2.75) is 38.3 Å². The fraction of sp³-hybridized carbons (Fsp3) is 0.286. The average molecular weight is 363 g/mol. The molecule has 2 aromatic carbocycles. The first-order chi connectivity index (χ1) is 12.6. The first-order valence-electron chi connectivity index (χ1n) is 8.89. The Hall–Kier alpha value is -2.40. The van der Waals surface area contributed by atoms with Crippen molar-refractivity contribution in [3.05, 3.63) is 70.5 Å². The Bertz CT molecular complexity index is 977. The molecule has 0 saturated heterocycles. The third-order valence-corrected chi connectivity index (χ3v) is 5.83. The molecule has 0 spiro atoms. The first kappa shape index (κ1) is 17.0. The summed E-state index contributed by atoms with van der Waals surface area (Å²) in [6.07, 6.45) is 3.42. The van der Waals surface area contributed by atoms with E-state index in [-0.39, 0.29) is 5.78 Å². The number of hydrogen-bond acceptors (Lipinski definition) is 4. The van der Waals surface area contributed by atoms with Crippen molar-refractivity contribution >= 4 is 17.5 Å². The lowest BCUT2D eigenvalue weighted by molar-refractivity contribution is 0.102. The summed E-state index contributed by atoms with van der Waals surface area (Å²) >= 11 is 1.45. The van der Waals surface area contributed by atoms with E-state index >= 15 is 0 Å². The lowest BCUT2D eigenvalue weighted by Gasteiger charge is -2.11. The molecule has 132 valence electrons. The van der Waals surface area contributed by atoms with Gasteiger partial charge in [-0.15, -0.1) is 10.2 Å². The molecule has 4 nitrogen and oxygen atoms in total. The van der Waals surface area contributed by atoms with Crippen LogP contribution in [0.5, 0.6) is 0 Å². The van der Waals surface area contributed by atoms with E-state index in [1.165, 1.54) is 29.3 Å². The molecule has 1 aromatic heterocycles. The zero-order valence-corrected chi connectivity index (χ0v) is 15.8. The van der Waals surface area contributed by atoms with Crippen molar-refractivity contribution in [2.24, 2.45) is 0 Å². The summed E-state index contributed by atoms with van der Waals surface area (Å²) in [6.45, 7) is 4.00. The maximum absolute atomic E-state index is 12.7. The Morgan fingerprint density at radius 3 is 2.73 bits per heavy atom. The van der Waals surface area contributed by atoms with E-state index in [1.807, 2.05) is 29.7 Å². The van der Waals surface area contributed by atoms with E-state index in [2.05, 4.69) is 41.4 Å². The largest absolute Gasteiger partial charge is 0.293 e. The van der Waals surface area contributed by atoms with Crippen LogP contribution in [0.4, 0.5) is 0 Å². The van der Waals surface area contributed by atoms with Crippen LogP contribution >= 0.6 is 11.8 Å². The highest BCUT2D eigenvalue weighted by Gasteiger charge is 2.17. The van der Waals surface area contributed by atoms with Crippen molar-refractivity contribution in [2.75, 3.05) is 5.75 Å². The van der Waals surface area contributed by atoms with Gasteiger partial charge in [0.05, 0.1) is 11.4 Å². The molecule has 0 amide bonds. The van der Waals surface area contributed by atoms with Crippen molar-refractivity contribution in [1.82, 2.24) is 14.8 Å². The van der Waals surface area contributed by atoms with E-state index < -0.39 is 0 Å². The second kappa shape index (κ2) is 7.08. The number of rotatable bonds is 5. The minimum Gasteiger partial charge on any atom is -0.293 e. The Labute approximate surface area is 157 Å². The number of para-hydroxylation sites is 1. The molecule has 0 N–H and O–H groups in total. The van der Waals surface area contributed by atoms with Crippen LogP contribution in [0.25, 0.3) is 5.69 Å². The van der Waals surface area contributed by atoms with Gasteiger partial charge in [-0.25, -0.2) is 0 Å². The average Bonchev–Trinajstić information content (AvgIpc) is 3.26. The minimum atomic E-state index is 0.140. The second-order valence-electron chi connectivity index (χ2n) is 6.70. The summed E-state index contributed by atoms with van der Waals surface area (Å²) < 4.78 is 2.02. The van der Waals surface area contributed by atoms with Gasteiger partial charge < -0.3 is 0 Å². The highest BCUT2D eigenvalue weighted by molar-refractivity contribution is 7.99. The van der Waals surface area contributed by atoms with Gasteiger partial charge in [0, 0.05) is 5.56 Å². The van der Waals surface area contributed by atoms with Crippen molar-refractivity contribution in [1.29, 1.82) is 0 Å². The predicted octanol–water partition coefficient (Wildman–Crippen LogP) is 4.35. The van der Waals surface area contributed by atoms with Gasteiger partial charge in [0.15, 0.2) is 10.9 Å². The van der Waals surface area contributed by atoms with Crippen LogP contribution in [-0.4, -0.2) is 26.3 Å². The Balaban J connectivity index is 1.54. The van der Waals surface area contributed by atoms with Gasteiger partial charge >= 0.3 is 0 Å². The van der Waals surface area contributed by atoms with Crippen molar-refractivity contribution in [3.8, 4) is 5.69 Å². The molecule has 5 heteroatoms. The molecular formula is C21H21N3OS. The topological polar surface area (TPSA) is 47.8 Å². The van der Waals surface area contributed by atoms with Crippen LogP contribution in [0.15, 0.2) is 47.6 Å². The summed E-state index contributed by atoms with van der Waals surface area (Å²) in [5.41, 5.74) is 5.74. The first-order valence-corrected chi connectivity index (χ1v) is 9.88. The van der Waals surface area contributed by atoms with Crippen LogP contribution in [0, 0.1) is 13.8 Å². The molecule has 4 rings (SSSR count). The maximum Gasteiger partial charge on any atom is 0.196 e. The molecule has 1 aliphatic carbocycles. The minimum absolute atomic E-state index is 0.140. The van der Waals surface area contributed by atoms with E-state index in [0.717, 1.165) is 40.6 Å². The molecule has 26 heavy (non-hydrogen) atoms. The Morgan fingerprint density at radius 1 is 1.08 bits per heavy atom. The van der Waals surface area contributed by atoms with Crippen LogP contribution in [0.3, 0.4) is 0 Å². The molecule has 0 aliphatic heterocycles. The Morgan fingerprint density at radius 2 is 1.88 bits per heavy atom. The Kier molecular flexibility index (Phi) is 4.64. The number of nitrogens with zero attached hydrogens (tertiary/aromatic N) is 3. The number of Topliss-reactive ketones (excluding diaryl/α,β-unsaturated/α-hetero) is 1. The number of fused-ring (bicyclic) bond motifs is 1. The molecule has 0 radical (unpaired) electrons. The van der Waals surface area contributed by atoms with Crippen LogP contribution in [0.1, 0.15) is 39.3 Å². The third kappa shape index (κ3) is 3.19. The quantitative estimate of drug-likeness (QED) is 0.499. The fourth-order valence-corrected chi connectivity index (χ4v) is 4.37. The highest BCUT2D eigenvalue weighted by atomic mass is 32.2. The van der Waals surface area contributed by atoms with Gasteiger partial charge in [0.25, 0.3) is 0 Å². The lowest BCUT2D eigenvalue weighted by Crippen LogP contribution is -2.06. The van der Waals surface area contributed by atoms with Gasteiger partial charge in [-0.1, -0.05) is 42.1 Å². The normalized spacial score (nSPS) is 13.0. The van der Waals surface area contributed by atoms with Gasteiger partial charge in [-0.2, -0.15) is 0 Å². The second-order valence-corrected chi connectivity index (χ2v) is 7.64. The number of carbonyl (C=O) groups excluding carboxylic acids is 1. The number of carbonyl (C=O) groups is 1. The summed E-state index contributed by atoms with van der Waals surface area (Å²) in [5, 5.41) is 9.25. The molecule has 0 bridgehead atoms. The molecule has 0 saturated carbocycles. The third-order valence-electron chi connectivity index (χ3n) is 4.90. The molecule has 3 aromatic rings. The molecular weight excluding hydrogens is 342 g/mol. The molecule has 1 aliphatic rings. The standard InChI is InChI=1S/C21H21N3OS/c1-14-6-3-4-9-19(14)24-15(2)22-23-21(24)26-13-20(25)18-11-10-16-7-5-8-17(16)12-18/h3-4,6,9-12H,5,7-8,13H2,1-2H3. The van der Waals surface area contributed by atoms with Crippen molar-refractivity contribution in [3.63, 3.8) is 0 Å². The van der Waals surface area contributed by atoms with Gasteiger partial charge in [0.2, 0.25) is 0 Å². The smallest absolute Gasteiger partial charge is 0.196 e. The number of hydrogen-bond donors (Lipinski definition) is 0. The molecule has 0 fully saturated rings. The molecule has 0 unspecified atom stereocenters. The van der Waals surface area contributed by atoms with Gasteiger partial charge in [-0.05, 0) is 61.9 Å². The van der Waals surface area contributed by atoms with Crippen LogP contribution in [0.2, 0.25) is 0 Å². The molecule has 0 atom stereocenters. The lowest BCUT2D eigenvalue weighted by atomic mass is 10.0. The summed E-state index contributed by atoms with van der Waals surface area (Å²) in [6, 6.07) is 14.3. The van der Waals surface area contributed by atoms with Gasteiger partial charge in [0.1, 0.15) is 5.82 Å². The number of thioether (sulfide) groups is 1. The predicted molar refractivity (Wildman–Crippen MR) is 104 cm³/mol. The number of aryl methyl sites for hydroxylation is 4. The van der Waals surface area contributed by atoms with E-state index in [0.29, 0.717) is 5.75 Å². The van der Waals surface area contributed by atoms with E-state index in [9.17, 15) is 4.79 Å². The van der Waals surface area contributed by atoms with E-state index in [4.69, 9.17) is 0 Å². The SMILES string of the molecule is Cc1ccccc1-n1c(C)nnc1SCC(=O)c1ccc2c(c1)CCC2. The number of benzene rings is 2. The number of aromatic nitrogens is 3. The molecule has 1 heterocycles. The van der Waals surface area contributed by atoms with Crippen molar-refractivity contribution < 1.29 is 4.79 Å². The van der Waals surface area contributed by atoms with Gasteiger partial charge in [-0.3, -0.25) is 9.36 Å². The monoisotopic (exact) mass is 363 g/mol. The summed E-state index contributed by atoms with van der Waals surface area (Å²) in [5.74, 6) is 1.33. The zero-order valence-electron chi connectivity index (χ0n) is 15.0. The fourth-order valence-electron chi connectivity index (χ4n) is 3.49. The summed E-state index contributed by atoms with van der Waals surface area (Å²) in [4.78, 5) is 12.7.